The fraction of sp³-hybridized carbons (Fsp3) is 0.304. The zero-order valence-corrected chi connectivity index (χ0v) is 19.7. The summed E-state index contributed by atoms with van der Waals surface area (Å²) in [5, 5.41) is 15.7. The molecule has 170 valence electrons. The number of hydrogen-bond donors (Lipinski definition) is 1. The first kappa shape index (κ1) is 21.7. The van der Waals surface area contributed by atoms with Crippen LogP contribution < -0.4 is 10.2 Å². The Morgan fingerprint density at radius 3 is 2.70 bits per heavy atom. The molecule has 4 aromatic rings. The number of piperazine rings is 1. The number of nitrogens with zero attached hydrogens (tertiary/aromatic N) is 4. The summed E-state index contributed by atoms with van der Waals surface area (Å²) in [7, 11) is 0. The van der Waals surface area contributed by atoms with Crippen LogP contribution in [0.5, 0.6) is 0 Å². The van der Waals surface area contributed by atoms with E-state index in [1.165, 1.54) is 33.7 Å². The van der Waals surface area contributed by atoms with Crippen LogP contribution in [0.1, 0.15) is 15.2 Å². The highest BCUT2D eigenvalue weighted by atomic mass is 32.1. The fourth-order valence-electron chi connectivity index (χ4n) is 4.04. The first-order valence-electron chi connectivity index (χ1n) is 10.8. The minimum Gasteiger partial charge on any atom is -0.350 e. The van der Waals surface area contributed by atoms with Crippen LogP contribution in [-0.4, -0.2) is 60.0 Å². The number of fused-ring (bicyclic) bond motifs is 2. The quantitative estimate of drug-likeness (QED) is 0.327. The number of carbonyl (C=O) groups excluding carboxylic acids is 1. The lowest BCUT2D eigenvalue weighted by molar-refractivity contribution is -0.384. The molecule has 8 nitrogen and oxygen atoms in total. The van der Waals surface area contributed by atoms with Gasteiger partial charge in [0.05, 0.1) is 20.0 Å². The molecule has 2 aromatic heterocycles. The molecule has 5 rings (SSSR count). The van der Waals surface area contributed by atoms with Gasteiger partial charge >= 0.3 is 0 Å². The van der Waals surface area contributed by atoms with Gasteiger partial charge in [0, 0.05) is 61.5 Å². The van der Waals surface area contributed by atoms with E-state index in [2.05, 4.69) is 40.2 Å². The van der Waals surface area contributed by atoms with E-state index >= 15 is 0 Å². The molecule has 0 spiro atoms. The number of non-ortho nitro benzene ring substituents is 1. The van der Waals surface area contributed by atoms with Crippen molar-refractivity contribution in [1.29, 1.82) is 0 Å². The number of nitro groups is 1. The lowest BCUT2D eigenvalue weighted by atomic mass is 10.2. The highest BCUT2D eigenvalue weighted by Gasteiger charge is 2.20. The normalized spacial score (nSPS) is 14.8. The van der Waals surface area contributed by atoms with Crippen LogP contribution in [0.25, 0.3) is 20.3 Å². The van der Waals surface area contributed by atoms with Gasteiger partial charge in [-0.3, -0.25) is 19.8 Å². The number of thiophene rings is 1. The summed E-state index contributed by atoms with van der Waals surface area (Å²) in [5.74, 6) is -0.137. The summed E-state index contributed by atoms with van der Waals surface area (Å²) >= 11 is 3.10. The predicted molar refractivity (Wildman–Crippen MR) is 134 cm³/mol. The maximum absolute atomic E-state index is 12.6. The van der Waals surface area contributed by atoms with Gasteiger partial charge in [0.25, 0.3) is 11.6 Å². The molecule has 0 saturated carbocycles. The van der Waals surface area contributed by atoms with Crippen LogP contribution in [-0.2, 0) is 0 Å². The molecular formula is C23H23N5O3S2. The van der Waals surface area contributed by atoms with Crippen molar-refractivity contribution in [2.45, 2.75) is 6.92 Å². The number of para-hydroxylation sites is 1. The number of carbonyl (C=O) groups is 1. The molecule has 10 heteroatoms. The van der Waals surface area contributed by atoms with Crippen molar-refractivity contribution in [3.63, 3.8) is 0 Å². The molecule has 1 N–H and O–H groups in total. The van der Waals surface area contributed by atoms with E-state index in [4.69, 9.17) is 4.98 Å². The van der Waals surface area contributed by atoms with Crippen molar-refractivity contribution in [2.75, 3.05) is 44.2 Å². The summed E-state index contributed by atoms with van der Waals surface area (Å²) in [6.07, 6.45) is 0. The zero-order valence-electron chi connectivity index (χ0n) is 18.1. The molecule has 3 heterocycles. The first-order chi connectivity index (χ1) is 16.0. The van der Waals surface area contributed by atoms with Crippen molar-refractivity contribution in [2.24, 2.45) is 0 Å². The van der Waals surface area contributed by atoms with Crippen molar-refractivity contribution < 1.29 is 9.72 Å². The van der Waals surface area contributed by atoms with Crippen LogP contribution >= 0.6 is 22.7 Å². The maximum Gasteiger partial charge on any atom is 0.270 e. The van der Waals surface area contributed by atoms with Crippen LogP contribution in [0.4, 0.5) is 10.8 Å². The number of hydrogen-bond acceptors (Lipinski definition) is 8. The Kier molecular flexibility index (Phi) is 5.96. The van der Waals surface area contributed by atoms with Gasteiger partial charge in [0.15, 0.2) is 5.13 Å². The van der Waals surface area contributed by atoms with Crippen molar-refractivity contribution in [1.82, 2.24) is 15.2 Å². The average Bonchev–Trinajstić information content (AvgIpc) is 3.44. The van der Waals surface area contributed by atoms with E-state index in [-0.39, 0.29) is 11.6 Å². The van der Waals surface area contributed by atoms with Gasteiger partial charge in [-0.25, -0.2) is 4.98 Å². The number of aromatic nitrogens is 1. The Labute approximate surface area is 198 Å². The van der Waals surface area contributed by atoms with Crippen molar-refractivity contribution >= 4 is 59.7 Å². The van der Waals surface area contributed by atoms with Crippen LogP contribution in [0.3, 0.4) is 0 Å². The van der Waals surface area contributed by atoms with E-state index in [0.29, 0.717) is 11.4 Å². The molecule has 0 aliphatic carbocycles. The van der Waals surface area contributed by atoms with Gasteiger partial charge in [-0.2, -0.15) is 0 Å². The van der Waals surface area contributed by atoms with E-state index in [1.54, 1.807) is 23.5 Å². The van der Waals surface area contributed by atoms with Crippen LogP contribution in [0.15, 0.2) is 42.5 Å². The fourth-order valence-corrected chi connectivity index (χ4v) is 6.10. The van der Waals surface area contributed by atoms with E-state index in [9.17, 15) is 14.9 Å². The van der Waals surface area contributed by atoms with Crippen molar-refractivity contribution in [3.05, 3.63) is 63.0 Å². The summed E-state index contributed by atoms with van der Waals surface area (Å²) in [6, 6.07) is 12.7. The number of anilines is 1. The van der Waals surface area contributed by atoms with Gasteiger partial charge in [-0.15, -0.1) is 11.3 Å². The number of rotatable bonds is 6. The van der Waals surface area contributed by atoms with Crippen molar-refractivity contribution in [3.8, 4) is 0 Å². The van der Waals surface area contributed by atoms with Gasteiger partial charge in [0.1, 0.15) is 0 Å². The molecule has 0 unspecified atom stereocenters. The number of nitrogens with one attached hydrogen (secondary N) is 1. The Morgan fingerprint density at radius 2 is 1.94 bits per heavy atom. The summed E-state index contributed by atoms with van der Waals surface area (Å²) in [6.45, 7) is 7.14. The smallest absolute Gasteiger partial charge is 0.270 e. The highest BCUT2D eigenvalue weighted by molar-refractivity contribution is 7.22. The molecule has 0 atom stereocenters. The monoisotopic (exact) mass is 481 g/mol. The number of nitro benzene ring substituents is 1. The first-order valence-corrected chi connectivity index (χ1v) is 12.4. The minimum atomic E-state index is -0.422. The van der Waals surface area contributed by atoms with Crippen LogP contribution in [0.2, 0.25) is 0 Å². The summed E-state index contributed by atoms with van der Waals surface area (Å²) in [4.78, 5) is 33.2. The Bertz CT molecular complexity index is 1340. The molecule has 2 aromatic carbocycles. The number of benzene rings is 2. The Hall–Kier alpha value is -3.08. The SMILES string of the molecule is Cc1cccc2sc(N3CCN(CCNC(=O)c4cc5cc([N+](=O)[O-])ccc5s4)CC3)nc12. The minimum absolute atomic E-state index is 0.0346. The second kappa shape index (κ2) is 9.05. The topological polar surface area (TPSA) is 91.6 Å². The Balaban J connectivity index is 1.12. The second-order valence-electron chi connectivity index (χ2n) is 8.09. The molecule has 1 saturated heterocycles. The molecule has 1 aliphatic rings. The molecule has 0 bridgehead atoms. The number of aryl methyl sites for hydroxylation is 1. The molecule has 1 fully saturated rings. The third-order valence-electron chi connectivity index (χ3n) is 5.90. The molecule has 1 aliphatic heterocycles. The zero-order chi connectivity index (χ0) is 22.9. The maximum atomic E-state index is 12.6. The summed E-state index contributed by atoms with van der Waals surface area (Å²) < 4.78 is 2.10. The van der Waals surface area contributed by atoms with Gasteiger partial charge < -0.3 is 10.2 Å². The summed E-state index contributed by atoms with van der Waals surface area (Å²) in [5.41, 5.74) is 2.34. The predicted octanol–water partition coefficient (Wildman–Crippen LogP) is 4.28. The largest absolute Gasteiger partial charge is 0.350 e. The van der Waals surface area contributed by atoms with E-state index in [0.717, 1.165) is 53.5 Å². The lowest BCUT2D eigenvalue weighted by Gasteiger charge is -2.34. The molecule has 0 radical (unpaired) electrons. The standard InChI is InChI=1S/C23H23N5O3S2/c1-15-3-2-4-19-21(15)25-23(33-19)27-11-9-26(10-12-27)8-7-24-22(29)20-14-16-13-17(28(30)31)5-6-18(16)32-20/h2-6,13-14H,7-12H2,1H3,(H,24,29). The lowest BCUT2D eigenvalue weighted by Crippen LogP contribution is -2.48. The third kappa shape index (κ3) is 4.54. The molecule has 1 amide bonds. The number of amides is 1. The van der Waals surface area contributed by atoms with Gasteiger partial charge in [-0.05, 0) is 30.7 Å². The highest BCUT2D eigenvalue weighted by Crippen LogP contribution is 2.31. The molecule has 33 heavy (non-hydrogen) atoms. The second-order valence-corrected chi connectivity index (χ2v) is 10.2. The van der Waals surface area contributed by atoms with E-state index < -0.39 is 4.92 Å². The van der Waals surface area contributed by atoms with Gasteiger partial charge in [0.2, 0.25) is 0 Å². The third-order valence-corrected chi connectivity index (χ3v) is 8.10. The van der Waals surface area contributed by atoms with E-state index in [1.807, 2.05) is 0 Å². The Morgan fingerprint density at radius 1 is 1.12 bits per heavy atom. The average molecular weight is 482 g/mol. The van der Waals surface area contributed by atoms with Crippen LogP contribution in [0, 0.1) is 17.0 Å². The number of thiazole rings is 1. The molecular weight excluding hydrogens is 458 g/mol. The van der Waals surface area contributed by atoms with Gasteiger partial charge in [-0.1, -0.05) is 23.5 Å².